The normalized spacial score (nSPS) is 12.0. The van der Waals surface area contributed by atoms with Gasteiger partial charge in [0, 0.05) is 11.3 Å². The van der Waals surface area contributed by atoms with E-state index >= 15 is 0 Å². The molecule has 0 saturated heterocycles. The maximum atomic E-state index is 5.28. The Balaban J connectivity index is 1.36. The van der Waals surface area contributed by atoms with Crippen molar-refractivity contribution in [3.8, 4) is 33.4 Å². The highest BCUT2D eigenvalue weighted by molar-refractivity contribution is 6.03. The van der Waals surface area contributed by atoms with Crippen molar-refractivity contribution in [2.75, 3.05) is 0 Å². The van der Waals surface area contributed by atoms with Crippen LogP contribution in [0.5, 0.6) is 0 Å². The van der Waals surface area contributed by atoms with Gasteiger partial charge in [-0.1, -0.05) is 170 Å². The van der Waals surface area contributed by atoms with Crippen molar-refractivity contribution in [1.29, 1.82) is 0 Å². The summed E-state index contributed by atoms with van der Waals surface area (Å²) in [5.74, 6) is 0. The lowest BCUT2D eigenvalue weighted by Crippen LogP contribution is -1.98. The third-order valence-corrected chi connectivity index (χ3v) is 8.38. The first-order valence-electron chi connectivity index (χ1n) is 15.4. The fourth-order valence-corrected chi connectivity index (χ4v) is 5.55. The Labute approximate surface area is 267 Å². The number of nitrogens with zero attached hydrogens (tertiary/aromatic N) is 1. The maximum absolute atomic E-state index is 5.28. The molecule has 0 fully saturated rings. The molecule has 6 aromatic carbocycles. The molecular weight excluding hydrogens is 542 g/mol. The Bertz CT molecular complexity index is 1960. The van der Waals surface area contributed by atoms with Crippen molar-refractivity contribution in [2.45, 2.75) is 20.8 Å². The molecule has 0 aliphatic rings. The fraction of sp³-hybridized carbons (Fsp3) is 0.0682. The molecule has 0 bridgehead atoms. The van der Waals surface area contributed by atoms with Crippen molar-refractivity contribution in [1.82, 2.24) is 0 Å². The molecular formula is C44H37N. The first kappa shape index (κ1) is 29.5. The zero-order chi connectivity index (χ0) is 31.2. The van der Waals surface area contributed by atoms with E-state index in [9.17, 15) is 0 Å². The SMILES string of the molecule is C=C(/C(C)=C(\N=C(C)c1ccc(-c2ccc(C)cc2)cc1)c1ccc(-c2ccccc2)cc1)c1ccc(-c2ccccc2)cc1. The van der Waals surface area contributed by atoms with E-state index in [1.807, 2.05) is 12.1 Å². The van der Waals surface area contributed by atoms with Gasteiger partial charge in [0.05, 0.1) is 5.70 Å². The van der Waals surface area contributed by atoms with E-state index in [-0.39, 0.29) is 0 Å². The van der Waals surface area contributed by atoms with Crippen LogP contribution in [-0.2, 0) is 0 Å². The molecule has 45 heavy (non-hydrogen) atoms. The highest BCUT2D eigenvalue weighted by atomic mass is 14.8. The van der Waals surface area contributed by atoms with Crippen LogP contribution in [-0.4, -0.2) is 5.71 Å². The lowest BCUT2D eigenvalue weighted by atomic mass is 9.94. The summed E-state index contributed by atoms with van der Waals surface area (Å²) < 4.78 is 0. The number of rotatable bonds is 8. The quantitative estimate of drug-likeness (QED) is 0.126. The average molecular weight is 580 g/mol. The molecule has 0 radical (unpaired) electrons. The molecule has 1 heteroatoms. The Kier molecular flexibility index (Phi) is 8.80. The summed E-state index contributed by atoms with van der Waals surface area (Å²) >= 11 is 0. The molecule has 1 nitrogen and oxygen atoms in total. The summed E-state index contributed by atoms with van der Waals surface area (Å²) in [5, 5.41) is 0. The second kappa shape index (κ2) is 13.4. The van der Waals surface area contributed by atoms with Gasteiger partial charge in [0.25, 0.3) is 0 Å². The van der Waals surface area contributed by atoms with Crippen molar-refractivity contribution in [3.05, 3.63) is 192 Å². The van der Waals surface area contributed by atoms with Gasteiger partial charge in [-0.05, 0) is 76.4 Å². The molecule has 0 saturated carbocycles. The molecule has 0 amide bonds. The maximum Gasteiger partial charge on any atom is 0.0740 e. The van der Waals surface area contributed by atoms with Crippen molar-refractivity contribution >= 4 is 17.0 Å². The molecule has 0 heterocycles. The Morgan fingerprint density at radius 3 is 1.22 bits per heavy atom. The van der Waals surface area contributed by atoms with E-state index in [1.54, 1.807) is 0 Å². The molecule has 0 spiro atoms. The average Bonchev–Trinajstić information content (AvgIpc) is 3.11. The van der Waals surface area contributed by atoms with Gasteiger partial charge in [0.2, 0.25) is 0 Å². The van der Waals surface area contributed by atoms with Crippen LogP contribution >= 0.6 is 0 Å². The zero-order valence-corrected chi connectivity index (χ0v) is 26.2. The van der Waals surface area contributed by atoms with E-state index in [0.717, 1.165) is 39.2 Å². The molecule has 0 aliphatic carbocycles. The largest absolute Gasteiger partial charge is 0.252 e. The van der Waals surface area contributed by atoms with Crippen molar-refractivity contribution in [3.63, 3.8) is 0 Å². The van der Waals surface area contributed by atoms with Crippen LogP contribution in [0.1, 0.15) is 36.1 Å². The van der Waals surface area contributed by atoms with Crippen LogP contribution in [0.2, 0.25) is 0 Å². The second-order valence-corrected chi connectivity index (χ2v) is 11.5. The number of allylic oxidation sites excluding steroid dienone is 2. The fourth-order valence-electron chi connectivity index (χ4n) is 5.55. The number of hydrogen-bond donors (Lipinski definition) is 0. The van der Waals surface area contributed by atoms with Gasteiger partial charge in [0.15, 0.2) is 0 Å². The second-order valence-electron chi connectivity index (χ2n) is 11.5. The van der Waals surface area contributed by atoms with Crippen LogP contribution < -0.4 is 0 Å². The summed E-state index contributed by atoms with van der Waals surface area (Å²) in [4.78, 5) is 5.28. The molecule has 218 valence electrons. The summed E-state index contributed by atoms with van der Waals surface area (Å²) in [7, 11) is 0. The van der Waals surface area contributed by atoms with Crippen LogP contribution in [0.3, 0.4) is 0 Å². The van der Waals surface area contributed by atoms with E-state index in [4.69, 9.17) is 4.99 Å². The van der Waals surface area contributed by atoms with E-state index in [1.165, 1.54) is 38.9 Å². The lowest BCUT2D eigenvalue weighted by Gasteiger charge is -2.15. The summed E-state index contributed by atoms with van der Waals surface area (Å²) in [6, 6.07) is 55.6. The minimum atomic E-state index is 0.923. The highest BCUT2D eigenvalue weighted by Gasteiger charge is 2.13. The predicted octanol–water partition coefficient (Wildman–Crippen LogP) is 11.9. The van der Waals surface area contributed by atoms with Crippen molar-refractivity contribution in [2.24, 2.45) is 4.99 Å². The molecule has 6 rings (SSSR count). The Morgan fingerprint density at radius 1 is 0.422 bits per heavy atom. The van der Waals surface area contributed by atoms with Crippen LogP contribution in [0.15, 0.2) is 175 Å². The first-order valence-corrected chi connectivity index (χ1v) is 15.4. The van der Waals surface area contributed by atoms with Crippen LogP contribution in [0, 0.1) is 6.92 Å². The number of aliphatic imine (C=N–C) groups is 1. The van der Waals surface area contributed by atoms with Gasteiger partial charge < -0.3 is 0 Å². The Morgan fingerprint density at radius 2 is 0.778 bits per heavy atom. The highest BCUT2D eigenvalue weighted by Crippen LogP contribution is 2.33. The molecule has 0 unspecified atom stereocenters. The van der Waals surface area contributed by atoms with E-state index in [2.05, 4.69) is 173 Å². The van der Waals surface area contributed by atoms with Crippen molar-refractivity contribution < 1.29 is 0 Å². The van der Waals surface area contributed by atoms with E-state index < -0.39 is 0 Å². The topological polar surface area (TPSA) is 12.4 Å². The lowest BCUT2D eigenvalue weighted by molar-refractivity contribution is 1.40. The van der Waals surface area contributed by atoms with Gasteiger partial charge in [-0.2, -0.15) is 0 Å². The number of aryl methyl sites for hydroxylation is 1. The van der Waals surface area contributed by atoms with Crippen LogP contribution in [0.25, 0.3) is 44.7 Å². The van der Waals surface area contributed by atoms with Gasteiger partial charge in [-0.15, -0.1) is 0 Å². The van der Waals surface area contributed by atoms with Gasteiger partial charge in [-0.25, -0.2) is 0 Å². The minimum absolute atomic E-state index is 0.923. The van der Waals surface area contributed by atoms with Gasteiger partial charge >= 0.3 is 0 Å². The predicted molar refractivity (Wildman–Crippen MR) is 194 cm³/mol. The number of benzene rings is 6. The van der Waals surface area contributed by atoms with Crippen LogP contribution in [0.4, 0.5) is 0 Å². The third kappa shape index (κ3) is 6.84. The smallest absolute Gasteiger partial charge is 0.0740 e. The first-order chi connectivity index (χ1) is 22.0. The molecule has 6 aromatic rings. The Hall–Kier alpha value is -5.53. The number of hydrogen-bond acceptors (Lipinski definition) is 1. The summed E-state index contributed by atoms with van der Waals surface area (Å²) in [6.45, 7) is 10.9. The molecule has 0 aliphatic heterocycles. The van der Waals surface area contributed by atoms with E-state index in [0.29, 0.717) is 0 Å². The standard InChI is InChI=1S/C44H37N/c1-31-15-17-39(18-16-31)42-25-21-36(22-26-42)34(4)45-44(43-29-27-41(28-30-43)38-13-9-6-10-14-38)33(3)32(2)35-19-23-40(24-20-35)37-11-7-5-8-12-37/h5-30H,2H2,1,3-4H3/b44-33-,45-34?. The molecule has 0 N–H and O–H groups in total. The summed E-state index contributed by atoms with van der Waals surface area (Å²) in [5.41, 5.74) is 15.6. The van der Waals surface area contributed by atoms with Gasteiger partial charge in [-0.3, -0.25) is 4.99 Å². The zero-order valence-electron chi connectivity index (χ0n) is 26.2. The van der Waals surface area contributed by atoms with Gasteiger partial charge in [0.1, 0.15) is 0 Å². The third-order valence-electron chi connectivity index (χ3n) is 8.38. The minimum Gasteiger partial charge on any atom is -0.252 e. The molecule has 0 atom stereocenters. The molecule has 0 aromatic heterocycles. The summed E-state index contributed by atoms with van der Waals surface area (Å²) in [6.07, 6.45) is 0. The monoisotopic (exact) mass is 579 g/mol.